The van der Waals surface area contributed by atoms with Crippen LogP contribution in [0.1, 0.15) is 30.0 Å². The quantitative estimate of drug-likeness (QED) is 0.851. The minimum atomic E-state index is 0.432. The number of hydrogen-bond donors (Lipinski definition) is 0. The van der Waals surface area contributed by atoms with E-state index in [0.717, 1.165) is 38.3 Å². The van der Waals surface area contributed by atoms with Crippen molar-refractivity contribution in [1.29, 1.82) is 5.26 Å². The Bertz CT molecular complexity index is 745. The van der Waals surface area contributed by atoms with E-state index in [1.807, 2.05) is 11.6 Å². The lowest BCUT2D eigenvalue weighted by molar-refractivity contribution is 0.238. The molecule has 0 bridgehead atoms. The summed E-state index contributed by atoms with van der Waals surface area (Å²) in [5.74, 6) is 0.739. The summed E-state index contributed by atoms with van der Waals surface area (Å²) in [6, 6.07) is 2.81. The highest BCUT2D eigenvalue weighted by molar-refractivity contribution is 7.09. The smallest absolute Gasteiger partial charge is 0.183 e. The molecule has 0 N–H and O–H groups in total. The summed E-state index contributed by atoms with van der Waals surface area (Å²) < 4.78 is 0. The van der Waals surface area contributed by atoms with Crippen LogP contribution in [0.2, 0.25) is 0 Å². The van der Waals surface area contributed by atoms with Crippen LogP contribution in [0.25, 0.3) is 0 Å². The SMILES string of the molecule is CN(Cc1nccs1)[C@@H]1CC12CCN(c1nccnc1C#N)CC2. The molecule has 1 saturated heterocycles. The van der Waals surface area contributed by atoms with Gasteiger partial charge < -0.3 is 4.90 Å². The molecule has 0 aromatic carbocycles. The van der Waals surface area contributed by atoms with Crippen LogP contribution in [0.5, 0.6) is 0 Å². The number of aromatic nitrogens is 3. The predicted molar refractivity (Wildman–Crippen MR) is 92.6 cm³/mol. The number of nitriles is 1. The van der Waals surface area contributed by atoms with Gasteiger partial charge in [0.1, 0.15) is 11.1 Å². The van der Waals surface area contributed by atoms with Crippen LogP contribution < -0.4 is 4.90 Å². The monoisotopic (exact) mass is 340 g/mol. The first-order valence-electron chi connectivity index (χ1n) is 8.26. The molecule has 1 aliphatic heterocycles. The molecule has 2 aliphatic rings. The van der Waals surface area contributed by atoms with Crippen LogP contribution in [0, 0.1) is 16.7 Å². The van der Waals surface area contributed by atoms with E-state index in [-0.39, 0.29) is 0 Å². The number of nitrogens with zero attached hydrogens (tertiary/aromatic N) is 6. The van der Waals surface area contributed by atoms with E-state index in [0.29, 0.717) is 17.2 Å². The van der Waals surface area contributed by atoms with Gasteiger partial charge in [0.25, 0.3) is 0 Å². The van der Waals surface area contributed by atoms with Gasteiger partial charge in [0, 0.05) is 43.1 Å². The van der Waals surface area contributed by atoms with Crippen molar-refractivity contribution >= 4 is 17.2 Å². The third-order valence-electron chi connectivity index (χ3n) is 5.39. The van der Waals surface area contributed by atoms with Crippen molar-refractivity contribution in [3.05, 3.63) is 34.7 Å². The number of thiazole rings is 1. The molecule has 1 aliphatic carbocycles. The molecule has 4 rings (SSSR count). The zero-order valence-electron chi connectivity index (χ0n) is 13.7. The van der Waals surface area contributed by atoms with Crippen LogP contribution in [-0.2, 0) is 6.54 Å². The van der Waals surface area contributed by atoms with Gasteiger partial charge in [-0.3, -0.25) is 4.90 Å². The second-order valence-corrected chi connectivity index (χ2v) is 7.73. The van der Waals surface area contributed by atoms with Gasteiger partial charge >= 0.3 is 0 Å². The first-order chi connectivity index (χ1) is 11.7. The van der Waals surface area contributed by atoms with Gasteiger partial charge in [0.05, 0.1) is 6.54 Å². The van der Waals surface area contributed by atoms with E-state index in [9.17, 15) is 5.26 Å². The van der Waals surface area contributed by atoms with Gasteiger partial charge in [-0.1, -0.05) is 0 Å². The molecule has 1 atom stereocenters. The largest absolute Gasteiger partial charge is 0.354 e. The summed E-state index contributed by atoms with van der Waals surface area (Å²) in [5.41, 5.74) is 0.874. The number of piperidine rings is 1. The fourth-order valence-corrected chi connectivity index (χ4v) is 4.62. The fraction of sp³-hybridized carbons (Fsp3) is 0.529. The molecule has 2 aromatic rings. The zero-order chi connectivity index (χ0) is 16.6. The summed E-state index contributed by atoms with van der Waals surface area (Å²) >= 11 is 1.73. The van der Waals surface area contributed by atoms with E-state index in [4.69, 9.17) is 0 Å². The average Bonchev–Trinajstić information content (AvgIpc) is 3.07. The van der Waals surface area contributed by atoms with E-state index >= 15 is 0 Å². The molecule has 1 saturated carbocycles. The molecule has 0 radical (unpaired) electrons. The Morgan fingerprint density at radius 1 is 1.29 bits per heavy atom. The lowest BCUT2D eigenvalue weighted by atomic mass is 9.92. The van der Waals surface area contributed by atoms with Crippen molar-refractivity contribution in [1.82, 2.24) is 19.9 Å². The molecule has 2 fully saturated rings. The van der Waals surface area contributed by atoms with Gasteiger partial charge in [0.15, 0.2) is 11.5 Å². The standard InChI is InChI=1S/C17H20N6S/c1-22(12-15-20-6-9-24-15)14-10-17(14)2-7-23(8-3-17)16-13(11-18)19-4-5-21-16/h4-6,9,14H,2-3,7-8,10,12H2,1H3/t14-/m1/s1. The van der Waals surface area contributed by atoms with Crippen LogP contribution in [0.15, 0.2) is 24.0 Å². The second kappa shape index (κ2) is 6.11. The van der Waals surface area contributed by atoms with Gasteiger partial charge in [-0.15, -0.1) is 11.3 Å². The first-order valence-corrected chi connectivity index (χ1v) is 9.14. The molecule has 3 heterocycles. The molecule has 0 amide bonds. The Morgan fingerprint density at radius 3 is 2.79 bits per heavy atom. The van der Waals surface area contributed by atoms with Crippen LogP contribution >= 0.6 is 11.3 Å². The summed E-state index contributed by atoms with van der Waals surface area (Å²) in [6.07, 6.45) is 8.71. The average molecular weight is 340 g/mol. The zero-order valence-corrected chi connectivity index (χ0v) is 14.5. The Hall–Kier alpha value is -2.04. The molecule has 6 nitrogen and oxygen atoms in total. The van der Waals surface area contributed by atoms with Crippen molar-refractivity contribution in [3.63, 3.8) is 0 Å². The first kappa shape index (κ1) is 15.5. The maximum absolute atomic E-state index is 9.21. The summed E-state index contributed by atoms with van der Waals surface area (Å²) in [6.45, 7) is 2.85. The van der Waals surface area contributed by atoms with E-state index in [2.05, 4.69) is 37.9 Å². The van der Waals surface area contributed by atoms with Crippen molar-refractivity contribution in [2.45, 2.75) is 31.8 Å². The van der Waals surface area contributed by atoms with Crippen molar-refractivity contribution in [2.75, 3.05) is 25.0 Å². The Labute approximate surface area is 145 Å². The number of rotatable bonds is 4. The van der Waals surface area contributed by atoms with Crippen molar-refractivity contribution < 1.29 is 0 Å². The highest BCUT2D eigenvalue weighted by Crippen LogP contribution is 2.56. The topological polar surface area (TPSA) is 68.9 Å². The maximum Gasteiger partial charge on any atom is 0.183 e. The predicted octanol–water partition coefficient (Wildman–Crippen LogP) is 2.30. The molecule has 0 unspecified atom stereocenters. The Kier molecular flexibility index (Phi) is 3.94. The molecule has 7 heteroatoms. The highest BCUT2D eigenvalue weighted by atomic mass is 32.1. The Morgan fingerprint density at radius 2 is 2.08 bits per heavy atom. The van der Waals surface area contributed by atoms with Crippen LogP contribution in [0.4, 0.5) is 5.82 Å². The Balaban J connectivity index is 1.38. The number of hydrogen-bond acceptors (Lipinski definition) is 7. The summed E-state index contributed by atoms with van der Waals surface area (Å²) in [7, 11) is 2.21. The molecular weight excluding hydrogens is 320 g/mol. The lowest BCUT2D eigenvalue weighted by Gasteiger charge is -2.34. The molecule has 2 aromatic heterocycles. The van der Waals surface area contributed by atoms with Gasteiger partial charge in [-0.2, -0.15) is 5.26 Å². The summed E-state index contributed by atoms with van der Waals surface area (Å²) in [5, 5.41) is 12.4. The third-order valence-corrected chi connectivity index (χ3v) is 6.15. The molecule has 24 heavy (non-hydrogen) atoms. The fourth-order valence-electron chi connectivity index (χ4n) is 3.95. The minimum Gasteiger partial charge on any atom is -0.354 e. The minimum absolute atomic E-state index is 0.432. The number of anilines is 1. The van der Waals surface area contributed by atoms with Crippen molar-refractivity contribution in [2.24, 2.45) is 5.41 Å². The lowest BCUT2D eigenvalue weighted by Crippen LogP contribution is -2.38. The van der Waals surface area contributed by atoms with E-state index in [1.165, 1.54) is 11.4 Å². The van der Waals surface area contributed by atoms with Crippen molar-refractivity contribution in [3.8, 4) is 6.07 Å². The van der Waals surface area contributed by atoms with Gasteiger partial charge in [-0.05, 0) is 31.7 Å². The highest BCUT2D eigenvalue weighted by Gasteiger charge is 2.56. The van der Waals surface area contributed by atoms with Gasteiger partial charge in [0.2, 0.25) is 0 Å². The third kappa shape index (κ3) is 2.76. The molecule has 124 valence electrons. The van der Waals surface area contributed by atoms with Crippen LogP contribution in [0.3, 0.4) is 0 Å². The second-order valence-electron chi connectivity index (χ2n) is 6.75. The maximum atomic E-state index is 9.21. The molecular formula is C17H20N6S. The van der Waals surface area contributed by atoms with E-state index in [1.54, 1.807) is 23.7 Å². The van der Waals surface area contributed by atoms with Crippen LogP contribution in [-0.4, -0.2) is 46.0 Å². The molecule has 1 spiro atoms. The summed E-state index contributed by atoms with van der Waals surface area (Å²) in [4.78, 5) is 17.6. The normalized spacial score (nSPS) is 21.9. The van der Waals surface area contributed by atoms with E-state index < -0.39 is 0 Å². The van der Waals surface area contributed by atoms with Gasteiger partial charge in [-0.25, -0.2) is 15.0 Å².